The van der Waals surface area contributed by atoms with Crippen LogP contribution in [-0.2, 0) is 19.2 Å². The molecule has 0 N–H and O–H groups in total. The summed E-state index contributed by atoms with van der Waals surface area (Å²) in [5.41, 5.74) is -0.203. The SMILES string of the molecule is CCC(=O)Oc1cc(OC(=O)CC)c2c(=O)cc(-c3ccc(OC(=O)CC)c(OC(=O)CC)c3)oc2c1. The molecule has 0 aliphatic carbocycles. The summed E-state index contributed by atoms with van der Waals surface area (Å²) in [6.07, 6.45) is 0.339. The van der Waals surface area contributed by atoms with Gasteiger partial charge in [-0.2, -0.15) is 0 Å². The summed E-state index contributed by atoms with van der Waals surface area (Å²) < 4.78 is 27.1. The van der Waals surface area contributed by atoms with Crippen LogP contribution >= 0.6 is 0 Å². The van der Waals surface area contributed by atoms with Crippen molar-refractivity contribution in [2.75, 3.05) is 0 Å². The third-order valence-corrected chi connectivity index (χ3v) is 5.05. The molecule has 0 aliphatic heterocycles. The third-order valence-electron chi connectivity index (χ3n) is 5.05. The summed E-state index contributed by atoms with van der Waals surface area (Å²) >= 11 is 0. The maximum Gasteiger partial charge on any atom is 0.311 e. The highest BCUT2D eigenvalue weighted by Gasteiger charge is 2.19. The molecular weight excluding hydrogens is 484 g/mol. The highest BCUT2D eigenvalue weighted by Crippen LogP contribution is 2.36. The van der Waals surface area contributed by atoms with Crippen molar-refractivity contribution >= 4 is 34.8 Å². The van der Waals surface area contributed by atoms with E-state index in [1.54, 1.807) is 27.7 Å². The molecule has 1 aromatic heterocycles. The van der Waals surface area contributed by atoms with Gasteiger partial charge in [0.15, 0.2) is 16.9 Å². The highest BCUT2D eigenvalue weighted by atomic mass is 16.6. The van der Waals surface area contributed by atoms with Gasteiger partial charge in [0.05, 0.1) is 0 Å². The molecule has 0 aliphatic rings. The van der Waals surface area contributed by atoms with Crippen LogP contribution in [-0.4, -0.2) is 23.9 Å². The maximum absolute atomic E-state index is 13.1. The zero-order chi connectivity index (χ0) is 27.1. The highest BCUT2D eigenvalue weighted by molar-refractivity contribution is 5.90. The predicted octanol–water partition coefficient (Wildman–Crippen LogP) is 4.72. The third kappa shape index (κ3) is 6.60. The van der Waals surface area contributed by atoms with E-state index in [-0.39, 0.29) is 65.4 Å². The first kappa shape index (κ1) is 27.1. The summed E-state index contributed by atoms with van der Waals surface area (Å²) in [5, 5.41) is -0.0204. The van der Waals surface area contributed by atoms with Gasteiger partial charge in [-0.05, 0) is 18.2 Å². The average Bonchev–Trinajstić information content (AvgIpc) is 2.88. The predicted molar refractivity (Wildman–Crippen MR) is 132 cm³/mol. The van der Waals surface area contributed by atoms with Crippen LogP contribution in [0.1, 0.15) is 53.4 Å². The minimum Gasteiger partial charge on any atom is -0.456 e. The number of rotatable bonds is 9. The second kappa shape index (κ2) is 12.0. The fourth-order valence-corrected chi connectivity index (χ4v) is 3.12. The molecule has 0 radical (unpaired) electrons. The summed E-state index contributed by atoms with van der Waals surface area (Å²) in [4.78, 5) is 60.6. The van der Waals surface area contributed by atoms with Gasteiger partial charge in [-0.15, -0.1) is 0 Å². The molecule has 0 saturated carbocycles. The summed E-state index contributed by atoms with van der Waals surface area (Å²) in [6, 6.07) is 8.13. The second-order valence-electron chi connectivity index (χ2n) is 7.74. The average molecular weight is 510 g/mol. The van der Waals surface area contributed by atoms with Crippen molar-refractivity contribution in [3.63, 3.8) is 0 Å². The van der Waals surface area contributed by atoms with Gasteiger partial charge < -0.3 is 23.4 Å². The van der Waals surface area contributed by atoms with Crippen LogP contribution in [0.4, 0.5) is 0 Å². The number of ether oxygens (including phenoxy) is 4. The summed E-state index contributed by atoms with van der Waals surface area (Å²) in [5.74, 6) is -2.22. The van der Waals surface area contributed by atoms with E-state index in [4.69, 9.17) is 23.4 Å². The topological polar surface area (TPSA) is 135 Å². The fourth-order valence-electron chi connectivity index (χ4n) is 3.12. The minimum absolute atomic E-state index is 0.00334. The van der Waals surface area contributed by atoms with E-state index in [1.165, 1.54) is 36.4 Å². The zero-order valence-electron chi connectivity index (χ0n) is 20.9. The molecule has 0 bridgehead atoms. The Balaban J connectivity index is 2.17. The Kier molecular flexibility index (Phi) is 8.78. The van der Waals surface area contributed by atoms with Gasteiger partial charge in [-0.1, -0.05) is 27.7 Å². The number of fused-ring (bicyclic) bond motifs is 1. The molecule has 3 rings (SSSR count). The molecule has 0 atom stereocenters. The van der Waals surface area contributed by atoms with E-state index >= 15 is 0 Å². The Morgan fingerprint density at radius 2 is 1.19 bits per heavy atom. The number of hydrogen-bond acceptors (Lipinski definition) is 10. The van der Waals surface area contributed by atoms with Crippen LogP contribution in [0.3, 0.4) is 0 Å². The first-order valence-corrected chi connectivity index (χ1v) is 11.8. The van der Waals surface area contributed by atoms with Crippen molar-refractivity contribution in [2.24, 2.45) is 0 Å². The van der Waals surface area contributed by atoms with Gasteiger partial charge in [-0.3, -0.25) is 24.0 Å². The summed E-state index contributed by atoms with van der Waals surface area (Å²) in [7, 11) is 0. The fraction of sp³-hybridized carbons (Fsp3) is 0.296. The Labute approximate surface area is 212 Å². The van der Waals surface area contributed by atoms with E-state index < -0.39 is 29.3 Å². The van der Waals surface area contributed by atoms with Crippen molar-refractivity contribution in [3.8, 4) is 34.3 Å². The van der Waals surface area contributed by atoms with E-state index in [2.05, 4.69) is 0 Å². The molecule has 3 aromatic rings. The summed E-state index contributed by atoms with van der Waals surface area (Å²) in [6.45, 7) is 6.44. The molecule has 194 valence electrons. The van der Waals surface area contributed by atoms with Gasteiger partial charge in [0.2, 0.25) is 0 Å². The number of esters is 4. The minimum atomic E-state index is -0.594. The molecule has 2 aromatic carbocycles. The van der Waals surface area contributed by atoms with E-state index in [1.807, 2.05) is 0 Å². The first-order chi connectivity index (χ1) is 17.7. The van der Waals surface area contributed by atoms with Crippen LogP contribution in [0.25, 0.3) is 22.3 Å². The van der Waals surface area contributed by atoms with Crippen LogP contribution < -0.4 is 24.4 Å². The molecular formula is C27H26O10. The van der Waals surface area contributed by atoms with Gasteiger partial charge in [0, 0.05) is 49.4 Å². The lowest BCUT2D eigenvalue weighted by atomic mass is 10.1. The molecule has 0 fully saturated rings. The van der Waals surface area contributed by atoms with Crippen LogP contribution in [0.5, 0.6) is 23.0 Å². The Hall–Kier alpha value is -4.47. The smallest absolute Gasteiger partial charge is 0.311 e. The lowest BCUT2D eigenvalue weighted by Gasteiger charge is -2.13. The van der Waals surface area contributed by atoms with Crippen molar-refractivity contribution in [3.05, 3.63) is 46.6 Å². The van der Waals surface area contributed by atoms with Crippen LogP contribution in [0.2, 0.25) is 0 Å². The number of carbonyl (C=O) groups is 4. The molecule has 0 amide bonds. The van der Waals surface area contributed by atoms with Crippen molar-refractivity contribution in [2.45, 2.75) is 53.4 Å². The molecule has 0 unspecified atom stereocenters. The monoisotopic (exact) mass is 510 g/mol. The largest absolute Gasteiger partial charge is 0.456 e. The Bertz CT molecular complexity index is 1420. The standard InChI is InChI=1S/C27H26O10/c1-5-23(29)33-16-12-21-27(22(13-16)37-26(32)8-4)17(28)14-19(34-21)15-9-10-18(35-24(30)6-2)20(11-15)36-25(31)7-3/h9-14H,5-8H2,1-4H3. The van der Waals surface area contributed by atoms with Crippen molar-refractivity contribution in [1.82, 2.24) is 0 Å². The quantitative estimate of drug-likeness (QED) is 0.294. The van der Waals surface area contributed by atoms with Gasteiger partial charge in [0.1, 0.15) is 28.2 Å². The normalized spacial score (nSPS) is 10.6. The molecule has 0 saturated heterocycles. The Morgan fingerprint density at radius 3 is 1.78 bits per heavy atom. The van der Waals surface area contributed by atoms with E-state index in [0.29, 0.717) is 5.56 Å². The molecule has 10 heteroatoms. The Morgan fingerprint density at radius 1 is 0.649 bits per heavy atom. The maximum atomic E-state index is 13.1. The van der Waals surface area contributed by atoms with Gasteiger partial charge >= 0.3 is 23.9 Å². The lowest BCUT2D eigenvalue weighted by Crippen LogP contribution is -2.11. The van der Waals surface area contributed by atoms with Gasteiger partial charge in [-0.25, -0.2) is 0 Å². The molecule has 10 nitrogen and oxygen atoms in total. The van der Waals surface area contributed by atoms with E-state index in [0.717, 1.165) is 0 Å². The molecule has 0 spiro atoms. The van der Waals surface area contributed by atoms with Crippen LogP contribution in [0.15, 0.2) is 45.6 Å². The molecule has 1 heterocycles. The zero-order valence-corrected chi connectivity index (χ0v) is 20.9. The van der Waals surface area contributed by atoms with Crippen LogP contribution in [0, 0.1) is 0 Å². The number of benzene rings is 2. The number of hydrogen-bond donors (Lipinski definition) is 0. The lowest BCUT2D eigenvalue weighted by molar-refractivity contribution is -0.136. The van der Waals surface area contributed by atoms with Crippen molar-refractivity contribution < 1.29 is 42.5 Å². The molecule has 37 heavy (non-hydrogen) atoms. The van der Waals surface area contributed by atoms with E-state index in [9.17, 15) is 24.0 Å². The number of carbonyl (C=O) groups excluding carboxylic acids is 4. The second-order valence-corrected chi connectivity index (χ2v) is 7.74. The van der Waals surface area contributed by atoms with Crippen molar-refractivity contribution in [1.29, 1.82) is 0 Å². The van der Waals surface area contributed by atoms with Gasteiger partial charge in [0.25, 0.3) is 0 Å². The first-order valence-electron chi connectivity index (χ1n) is 11.8.